The molecule has 1 aromatic carbocycles. The van der Waals surface area contributed by atoms with Crippen LogP contribution in [0.25, 0.3) is 16.9 Å². The summed E-state index contributed by atoms with van der Waals surface area (Å²) in [6, 6.07) is 8.92. The minimum absolute atomic E-state index is 0.253. The SMILES string of the molecule is Fc1ccc2nc3c(n2c1)Cc1cc(Cl)ccc1-3. The summed E-state index contributed by atoms with van der Waals surface area (Å²) in [5.41, 5.74) is 4.99. The van der Waals surface area contributed by atoms with Crippen molar-refractivity contribution in [1.29, 1.82) is 0 Å². The Hall–Kier alpha value is -1.87. The highest BCUT2D eigenvalue weighted by Crippen LogP contribution is 2.37. The summed E-state index contributed by atoms with van der Waals surface area (Å²) in [4.78, 5) is 4.56. The van der Waals surface area contributed by atoms with Crippen LogP contribution in [0.2, 0.25) is 5.02 Å². The van der Waals surface area contributed by atoms with E-state index in [-0.39, 0.29) is 5.82 Å². The molecular weight excluding hydrogens is 251 g/mol. The molecule has 3 aromatic rings. The number of nitrogens with zero attached hydrogens (tertiary/aromatic N) is 2. The lowest BCUT2D eigenvalue weighted by molar-refractivity contribution is 0.618. The highest BCUT2D eigenvalue weighted by atomic mass is 35.5. The minimum atomic E-state index is -0.253. The fourth-order valence-corrected chi connectivity index (χ4v) is 2.77. The van der Waals surface area contributed by atoms with Gasteiger partial charge in [0.25, 0.3) is 0 Å². The standard InChI is InChI=1S/C14H8ClFN2/c15-9-1-3-11-8(5-9)6-12-14(11)17-13-4-2-10(16)7-18(12)13/h1-5,7H,6H2. The molecular formula is C14H8ClFN2. The first-order valence-electron chi connectivity index (χ1n) is 5.68. The van der Waals surface area contributed by atoms with Crippen molar-refractivity contribution < 1.29 is 4.39 Å². The van der Waals surface area contributed by atoms with E-state index < -0.39 is 0 Å². The molecule has 2 aromatic heterocycles. The minimum Gasteiger partial charge on any atom is -0.300 e. The molecule has 0 N–H and O–H groups in total. The van der Waals surface area contributed by atoms with E-state index in [0.717, 1.165) is 39.6 Å². The molecule has 0 fully saturated rings. The molecule has 88 valence electrons. The van der Waals surface area contributed by atoms with Crippen molar-refractivity contribution in [1.82, 2.24) is 9.38 Å². The first-order valence-corrected chi connectivity index (χ1v) is 6.05. The van der Waals surface area contributed by atoms with E-state index in [2.05, 4.69) is 4.98 Å². The fraction of sp³-hybridized carbons (Fsp3) is 0.0714. The molecule has 0 saturated carbocycles. The summed E-state index contributed by atoms with van der Waals surface area (Å²) < 4.78 is 15.1. The Morgan fingerprint density at radius 1 is 1.22 bits per heavy atom. The van der Waals surface area contributed by atoms with Gasteiger partial charge >= 0.3 is 0 Å². The molecule has 0 unspecified atom stereocenters. The zero-order valence-corrected chi connectivity index (χ0v) is 10.1. The maximum absolute atomic E-state index is 13.3. The van der Waals surface area contributed by atoms with Gasteiger partial charge in [0, 0.05) is 23.2 Å². The van der Waals surface area contributed by atoms with Crippen LogP contribution in [-0.2, 0) is 6.42 Å². The summed E-state index contributed by atoms with van der Waals surface area (Å²) in [6.45, 7) is 0. The zero-order valence-electron chi connectivity index (χ0n) is 9.32. The molecule has 0 bridgehead atoms. The van der Waals surface area contributed by atoms with Crippen LogP contribution in [0.4, 0.5) is 4.39 Å². The van der Waals surface area contributed by atoms with Crippen LogP contribution in [0.3, 0.4) is 0 Å². The second kappa shape index (κ2) is 3.33. The monoisotopic (exact) mass is 258 g/mol. The third-order valence-corrected chi connectivity index (χ3v) is 3.60. The predicted molar refractivity (Wildman–Crippen MR) is 68.4 cm³/mol. The maximum Gasteiger partial charge on any atom is 0.139 e. The largest absolute Gasteiger partial charge is 0.300 e. The Kier molecular flexibility index (Phi) is 1.87. The van der Waals surface area contributed by atoms with Gasteiger partial charge in [-0.1, -0.05) is 17.7 Å². The van der Waals surface area contributed by atoms with Gasteiger partial charge in [0.1, 0.15) is 11.5 Å². The van der Waals surface area contributed by atoms with Crippen LogP contribution in [0.15, 0.2) is 36.5 Å². The van der Waals surface area contributed by atoms with Crippen LogP contribution in [0.5, 0.6) is 0 Å². The van der Waals surface area contributed by atoms with E-state index >= 15 is 0 Å². The Labute approximate surface area is 108 Å². The highest BCUT2D eigenvalue weighted by molar-refractivity contribution is 6.30. The average molecular weight is 259 g/mol. The molecule has 2 nitrogen and oxygen atoms in total. The van der Waals surface area contributed by atoms with Crippen LogP contribution in [0, 0.1) is 5.82 Å². The third kappa shape index (κ3) is 1.25. The number of imidazole rings is 1. The number of hydrogen-bond acceptors (Lipinski definition) is 1. The molecule has 0 aliphatic heterocycles. The summed E-state index contributed by atoms with van der Waals surface area (Å²) in [6.07, 6.45) is 2.23. The van der Waals surface area contributed by atoms with Gasteiger partial charge in [-0.3, -0.25) is 0 Å². The lowest BCUT2D eigenvalue weighted by Gasteiger charge is -2.00. The van der Waals surface area contributed by atoms with Crippen molar-refractivity contribution in [3.05, 3.63) is 58.6 Å². The van der Waals surface area contributed by atoms with Gasteiger partial charge in [-0.2, -0.15) is 0 Å². The third-order valence-electron chi connectivity index (χ3n) is 3.36. The summed E-state index contributed by atoms with van der Waals surface area (Å²) >= 11 is 5.99. The Bertz CT molecular complexity index is 792. The van der Waals surface area contributed by atoms with Gasteiger partial charge in [-0.05, 0) is 29.8 Å². The van der Waals surface area contributed by atoms with Crippen molar-refractivity contribution in [3.8, 4) is 11.3 Å². The van der Waals surface area contributed by atoms with E-state index in [1.807, 2.05) is 22.6 Å². The lowest BCUT2D eigenvalue weighted by atomic mass is 10.1. The van der Waals surface area contributed by atoms with E-state index in [1.165, 1.54) is 12.3 Å². The molecule has 4 heteroatoms. The van der Waals surface area contributed by atoms with Crippen LogP contribution >= 0.6 is 11.6 Å². The molecule has 0 saturated heterocycles. The smallest absolute Gasteiger partial charge is 0.139 e. The van der Waals surface area contributed by atoms with Crippen molar-refractivity contribution in [2.24, 2.45) is 0 Å². The maximum atomic E-state index is 13.3. The summed E-state index contributed by atoms with van der Waals surface area (Å²) in [5, 5.41) is 0.722. The van der Waals surface area contributed by atoms with Gasteiger partial charge in [0.05, 0.1) is 11.4 Å². The highest BCUT2D eigenvalue weighted by Gasteiger charge is 2.24. The molecule has 0 atom stereocenters. The lowest BCUT2D eigenvalue weighted by Crippen LogP contribution is -1.92. The number of hydrogen-bond donors (Lipinski definition) is 0. The van der Waals surface area contributed by atoms with Gasteiger partial charge in [-0.15, -0.1) is 0 Å². The zero-order chi connectivity index (χ0) is 12.3. The van der Waals surface area contributed by atoms with E-state index in [4.69, 9.17) is 11.6 Å². The second-order valence-corrected chi connectivity index (χ2v) is 4.90. The number of pyridine rings is 1. The average Bonchev–Trinajstić information content (AvgIpc) is 2.84. The molecule has 0 radical (unpaired) electrons. The van der Waals surface area contributed by atoms with Crippen molar-refractivity contribution in [2.75, 3.05) is 0 Å². The molecule has 4 rings (SSSR count). The van der Waals surface area contributed by atoms with Crippen molar-refractivity contribution >= 4 is 17.2 Å². The van der Waals surface area contributed by atoms with Gasteiger partial charge in [0.2, 0.25) is 0 Å². The molecule has 1 aliphatic carbocycles. The summed E-state index contributed by atoms with van der Waals surface area (Å²) in [5.74, 6) is -0.253. The van der Waals surface area contributed by atoms with Gasteiger partial charge in [0.15, 0.2) is 0 Å². The molecule has 0 amide bonds. The van der Waals surface area contributed by atoms with Gasteiger partial charge in [-0.25, -0.2) is 9.37 Å². The molecule has 0 spiro atoms. The second-order valence-electron chi connectivity index (χ2n) is 4.46. The normalized spacial score (nSPS) is 12.8. The first-order chi connectivity index (χ1) is 8.72. The number of rotatable bonds is 0. The number of benzene rings is 1. The van der Waals surface area contributed by atoms with E-state index in [0.29, 0.717) is 0 Å². The van der Waals surface area contributed by atoms with Crippen molar-refractivity contribution in [2.45, 2.75) is 6.42 Å². The fourth-order valence-electron chi connectivity index (χ4n) is 2.57. The first kappa shape index (κ1) is 10.1. The van der Waals surface area contributed by atoms with Crippen LogP contribution < -0.4 is 0 Å². The summed E-state index contributed by atoms with van der Waals surface area (Å²) in [7, 11) is 0. The molecule has 1 aliphatic rings. The van der Waals surface area contributed by atoms with E-state index in [9.17, 15) is 4.39 Å². The van der Waals surface area contributed by atoms with Crippen LogP contribution in [0.1, 0.15) is 11.3 Å². The quantitative estimate of drug-likeness (QED) is 0.470. The predicted octanol–water partition coefficient (Wildman–Crippen LogP) is 3.70. The topological polar surface area (TPSA) is 17.3 Å². The van der Waals surface area contributed by atoms with Crippen molar-refractivity contribution in [3.63, 3.8) is 0 Å². The van der Waals surface area contributed by atoms with Gasteiger partial charge < -0.3 is 4.40 Å². The Morgan fingerprint density at radius 2 is 2.11 bits per heavy atom. The Balaban J connectivity index is 2.04. The number of fused-ring (bicyclic) bond motifs is 5. The van der Waals surface area contributed by atoms with Crippen LogP contribution in [-0.4, -0.2) is 9.38 Å². The Morgan fingerprint density at radius 3 is 3.00 bits per heavy atom. The number of halogens is 2. The number of aromatic nitrogens is 2. The van der Waals surface area contributed by atoms with E-state index in [1.54, 1.807) is 6.07 Å². The molecule has 18 heavy (non-hydrogen) atoms. The molecule has 2 heterocycles.